The number of aromatic amines is 1. The van der Waals surface area contributed by atoms with Crippen LogP contribution in [0.1, 0.15) is 5.82 Å². The number of nitrogens with zero attached hydrogens (tertiary/aromatic N) is 6. The number of piperazine rings is 1. The molecule has 0 bridgehead atoms. The van der Waals surface area contributed by atoms with Crippen LogP contribution in [0.25, 0.3) is 27.9 Å². The number of hydrogen-bond acceptors (Lipinski definition) is 7. The molecule has 1 fully saturated rings. The van der Waals surface area contributed by atoms with E-state index >= 15 is 0 Å². The number of benzene rings is 2. The lowest BCUT2D eigenvalue weighted by Gasteiger charge is -2.27. The maximum atomic E-state index is 13.9. The van der Waals surface area contributed by atoms with Gasteiger partial charge in [-0.15, -0.1) is 0 Å². The molecule has 0 spiro atoms. The van der Waals surface area contributed by atoms with Crippen LogP contribution in [0.3, 0.4) is 0 Å². The summed E-state index contributed by atoms with van der Waals surface area (Å²) in [6.07, 6.45) is 1.62. The number of H-pyrrole nitrogens is 1. The molecule has 6 rings (SSSR count). The van der Waals surface area contributed by atoms with E-state index in [-0.39, 0.29) is 11.6 Å². The lowest BCUT2D eigenvalue weighted by Crippen LogP contribution is -2.44. The summed E-state index contributed by atoms with van der Waals surface area (Å²) in [5.74, 6) is 1.09. The van der Waals surface area contributed by atoms with Crippen molar-refractivity contribution in [3.63, 3.8) is 0 Å². The van der Waals surface area contributed by atoms with Crippen molar-refractivity contribution < 1.29 is 8.78 Å². The Labute approximate surface area is 192 Å². The average molecular weight is 461 g/mol. The minimum atomic E-state index is -0.338. The van der Waals surface area contributed by atoms with Gasteiger partial charge in [-0.2, -0.15) is 9.97 Å². The van der Waals surface area contributed by atoms with Crippen molar-refractivity contribution in [2.24, 2.45) is 0 Å². The number of anilines is 2. The minimum Gasteiger partial charge on any atom is -0.361 e. The van der Waals surface area contributed by atoms with Crippen molar-refractivity contribution in [2.45, 2.75) is 6.54 Å². The maximum absolute atomic E-state index is 13.9. The molecule has 1 aliphatic rings. The highest BCUT2D eigenvalue weighted by atomic mass is 19.1. The van der Waals surface area contributed by atoms with Gasteiger partial charge < -0.3 is 20.5 Å². The van der Waals surface area contributed by atoms with E-state index in [1.54, 1.807) is 29.1 Å². The molecule has 0 aliphatic carbocycles. The predicted octanol–water partition coefficient (Wildman–Crippen LogP) is 2.99. The third kappa shape index (κ3) is 3.79. The Morgan fingerprint density at radius 3 is 2.68 bits per heavy atom. The summed E-state index contributed by atoms with van der Waals surface area (Å²) in [7, 11) is 0. The monoisotopic (exact) mass is 461 g/mol. The molecule has 0 amide bonds. The Balaban J connectivity index is 1.40. The van der Waals surface area contributed by atoms with E-state index in [1.807, 2.05) is 0 Å². The molecule has 2 aromatic carbocycles. The topological polar surface area (TPSA) is 99.6 Å². The fourth-order valence-electron chi connectivity index (χ4n) is 4.12. The van der Waals surface area contributed by atoms with E-state index in [2.05, 4.69) is 30.5 Å². The molecule has 172 valence electrons. The zero-order valence-electron chi connectivity index (χ0n) is 18.1. The molecule has 3 aromatic heterocycles. The van der Waals surface area contributed by atoms with Gasteiger partial charge in [0.15, 0.2) is 17.0 Å². The largest absolute Gasteiger partial charge is 0.361 e. The quantitative estimate of drug-likeness (QED) is 0.370. The summed E-state index contributed by atoms with van der Waals surface area (Å²) >= 11 is 0. The zero-order chi connectivity index (χ0) is 23.1. The van der Waals surface area contributed by atoms with Crippen LogP contribution in [0.15, 0.2) is 48.8 Å². The Kier molecular flexibility index (Phi) is 5.02. The van der Waals surface area contributed by atoms with E-state index in [4.69, 9.17) is 9.97 Å². The Hall–Kier alpha value is -4.12. The second-order valence-electron chi connectivity index (χ2n) is 8.07. The first kappa shape index (κ1) is 20.5. The molecule has 1 saturated heterocycles. The standard InChI is InChI=1S/C23H21F2N9/c24-14-2-1-3-16(10-14)34-13-28-20-21(31-23(32-22(20)34)33-8-6-26-7-9-33)27-12-19-29-17-5-4-15(25)11-18(17)30-19/h1-5,10-11,13,26H,6-9,12H2,(H,29,30)(H,27,31,32). The molecule has 0 atom stereocenters. The Morgan fingerprint density at radius 2 is 1.82 bits per heavy atom. The van der Waals surface area contributed by atoms with Gasteiger partial charge in [0.25, 0.3) is 0 Å². The molecule has 9 nitrogen and oxygen atoms in total. The van der Waals surface area contributed by atoms with Gasteiger partial charge in [-0.1, -0.05) is 6.07 Å². The molecule has 0 unspecified atom stereocenters. The van der Waals surface area contributed by atoms with Gasteiger partial charge in [0, 0.05) is 26.2 Å². The van der Waals surface area contributed by atoms with Gasteiger partial charge in [0.2, 0.25) is 5.95 Å². The van der Waals surface area contributed by atoms with Crippen molar-refractivity contribution in [3.8, 4) is 5.69 Å². The van der Waals surface area contributed by atoms with Crippen LogP contribution in [-0.4, -0.2) is 55.7 Å². The van der Waals surface area contributed by atoms with Gasteiger partial charge in [-0.25, -0.2) is 18.7 Å². The number of nitrogens with one attached hydrogen (secondary N) is 3. The van der Waals surface area contributed by atoms with E-state index in [1.165, 1.54) is 24.3 Å². The first-order valence-corrected chi connectivity index (χ1v) is 11.0. The lowest BCUT2D eigenvalue weighted by atomic mass is 10.3. The third-order valence-corrected chi connectivity index (χ3v) is 5.79. The van der Waals surface area contributed by atoms with Crippen LogP contribution in [0.4, 0.5) is 20.5 Å². The van der Waals surface area contributed by atoms with Crippen molar-refractivity contribution in [1.82, 2.24) is 34.8 Å². The van der Waals surface area contributed by atoms with Crippen molar-refractivity contribution in [2.75, 3.05) is 36.4 Å². The van der Waals surface area contributed by atoms with Crippen LogP contribution >= 0.6 is 0 Å². The maximum Gasteiger partial charge on any atom is 0.229 e. The van der Waals surface area contributed by atoms with Crippen LogP contribution in [0, 0.1) is 11.6 Å². The van der Waals surface area contributed by atoms with Gasteiger partial charge in [-0.05, 0) is 36.4 Å². The second kappa shape index (κ2) is 8.34. The number of aromatic nitrogens is 6. The van der Waals surface area contributed by atoms with Crippen molar-refractivity contribution >= 4 is 34.0 Å². The molecule has 0 radical (unpaired) electrons. The SMILES string of the molecule is Fc1cccc(-n2cnc3c(NCc4nc5ccc(F)cc5[nH]4)nc(N4CCNCC4)nc32)c1. The van der Waals surface area contributed by atoms with E-state index < -0.39 is 0 Å². The summed E-state index contributed by atoms with van der Waals surface area (Å²) in [6.45, 7) is 3.55. The molecular formula is C23H21F2N9. The highest BCUT2D eigenvalue weighted by Crippen LogP contribution is 2.26. The molecule has 3 N–H and O–H groups in total. The molecule has 1 aliphatic heterocycles. The molecule has 11 heteroatoms. The highest BCUT2D eigenvalue weighted by molar-refractivity contribution is 5.85. The molecular weight excluding hydrogens is 440 g/mol. The fraction of sp³-hybridized carbons (Fsp3) is 0.217. The van der Waals surface area contributed by atoms with Crippen LogP contribution < -0.4 is 15.5 Å². The van der Waals surface area contributed by atoms with Gasteiger partial charge >= 0.3 is 0 Å². The first-order chi connectivity index (χ1) is 16.6. The average Bonchev–Trinajstić information content (AvgIpc) is 3.46. The molecule has 34 heavy (non-hydrogen) atoms. The smallest absolute Gasteiger partial charge is 0.229 e. The first-order valence-electron chi connectivity index (χ1n) is 11.0. The Bertz CT molecular complexity index is 1490. The summed E-state index contributed by atoms with van der Waals surface area (Å²) in [5, 5.41) is 6.63. The third-order valence-electron chi connectivity index (χ3n) is 5.79. The van der Waals surface area contributed by atoms with Gasteiger partial charge in [0.1, 0.15) is 23.8 Å². The fourth-order valence-corrected chi connectivity index (χ4v) is 4.12. The van der Waals surface area contributed by atoms with E-state index in [0.717, 1.165) is 26.2 Å². The minimum absolute atomic E-state index is 0.322. The summed E-state index contributed by atoms with van der Waals surface area (Å²) in [4.78, 5) is 23.8. The number of hydrogen-bond donors (Lipinski definition) is 3. The van der Waals surface area contributed by atoms with Crippen LogP contribution in [-0.2, 0) is 6.54 Å². The number of halogens is 2. The molecule has 0 saturated carbocycles. The summed E-state index contributed by atoms with van der Waals surface area (Å²) in [6, 6.07) is 10.7. The van der Waals surface area contributed by atoms with E-state index in [0.29, 0.717) is 52.0 Å². The summed E-state index contributed by atoms with van der Waals surface area (Å²) < 4.78 is 29.2. The molecule has 5 aromatic rings. The van der Waals surface area contributed by atoms with E-state index in [9.17, 15) is 8.78 Å². The number of rotatable bonds is 5. The lowest BCUT2D eigenvalue weighted by molar-refractivity contribution is 0.580. The van der Waals surface area contributed by atoms with Crippen molar-refractivity contribution in [1.29, 1.82) is 0 Å². The van der Waals surface area contributed by atoms with Crippen LogP contribution in [0.2, 0.25) is 0 Å². The predicted molar refractivity (Wildman–Crippen MR) is 125 cm³/mol. The van der Waals surface area contributed by atoms with Gasteiger partial charge in [-0.3, -0.25) is 4.57 Å². The van der Waals surface area contributed by atoms with Crippen molar-refractivity contribution in [3.05, 3.63) is 66.3 Å². The number of imidazole rings is 2. The summed E-state index contributed by atoms with van der Waals surface area (Å²) in [5.41, 5.74) is 3.07. The Morgan fingerprint density at radius 1 is 0.971 bits per heavy atom. The second-order valence-corrected chi connectivity index (χ2v) is 8.07. The highest BCUT2D eigenvalue weighted by Gasteiger charge is 2.20. The van der Waals surface area contributed by atoms with Crippen LogP contribution in [0.5, 0.6) is 0 Å². The normalized spacial score (nSPS) is 14.2. The van der Waals surface area contributed by atoms with Gasteiger partial charge in [0.05, 0.1) is 23.3 Å². The molecule has 4 heterocycles. The zero-order valence-corrected chi connectivity index (χ0v) is 18.1. The number of fused-ring (bicyclic) bond motifs is 2.